The van der Waals surface area contributed by atoms with E-state index in [1.165, 1.54) is 42.3 Å². The van der Waals surface area contributed by atoms with E-state index in [4.69, 9.17) is 0 Å². The van der Waals surface area contributed by atoms with Gasteiger partial charge in [-0.15, -0.1) is 11.3 Å². The summed E-state index contributed by atoms with van der Waals surface area (Å²) in [7, 11) is 0. The standard InChI is InChI=1S/C29H36N6O3S/c1-18-7-8-23(17-19(18)2)35-29(38)26(21(4)32-35)20(3)30-31-27(36)24-9-10-25(39-24)28(37)34-15-11-22(12-16-34)33-13-5-6-14-33/h7-10,17,22,26H,5-6,11-16H2,1-4H3,(H,31,36)/b30-20+. The van der Waals surface area contributed by atoms with Crippen molar-refractivity contribution in [3.8, 4) is 0 Å². The number of likely N-dealkylation sites (tertiary alicyclic amines) is 2. The Kier molecular flexibility index (Phi) is 7.95. The monoisotopic (exact) mass is 548 g/mol. The number of nitrogens with zero attached hydrogens (tertiary/aromatic N) is 5. The molecule has 3 aliphatic heterocycles. The molecule has 5 rings (SSSR count). The van der Waals surface area contributed by atoms with Gasteiger partial charge in [0.1, 0.15) is 5.92 Å². The predicted molar refractivity (Wildman–Crippen MR) is 155 cm³/mol. The number of hydrogen-bond donors (Lipinski definition) is 1. The lowest BCUT2D eigenvalue weighted by molar-refractivity contribution is -0.118. The van der Waals surface area contributed by atoms with Crippen LogP contribution in [0.5, 0.6) is 0 Å². The van der Waals surface area contributed by atoms with Gasteiger partial charge in [-0.1, -0.05) is 6.07 Å². The molecule has 1 aromatic carbocycles. The van der Waals surface area contributed by atoms with Crippen LogP contribution in [0.25, 0.3) is 0 Å². The summed E-state index contributed by atoms with van der Waals surface area (Å²) in [6.45, 7) is 11.4. The van der Waals surface area contributed by atoms with Crippen LogP contribution in [0.2, 0.25) is 0 Å². The average Bonchev–Trinajstić information content (AvgIpc) is 3.69. The molecule has 206 valence electrons. The molecule has 1 atom stereocenters. The summed E-state index contributed by atoms with van der Waals surface area (Å²) < 4.78 is 0. The number of aryl methyl sites for hydroxylation is 2. The molecule has 3 aliphatic rings. The summed E-state index contributed by atoms with van der Waals surface area (Å²) in [5.74, 6) is -1.27. The fourth-order valence-electron chi connectivity index (χ4n) is 5.62. The molecule has 0 aliphatic carbocycles. The highest BCUT2D eigenvalue weighted by molar-refractivity contribution is 7.15. The van der Waals surface area contributed by atoms with Crippen LogP contribution in [-0.4, -0.2) is 71.2 Å². The van der Waals surface area contributed by atoms with Crippen molar-refractivity contribution in [1.29, 1.82) is 0 Å². The summed E-state index contributed by atoms with van der Waals surface area (Å²) in [4.78, 5) is 44.5. The van der Waals surface area contributed by atoms with Crippen LogP contribution >= 0.6 is 11.3 Å². The Morgan fingerprint density at radius 1 is 0.974 bits per heavy atom. The Bertz CT molecular complexity index is 1330. The highest BCUT2D eigenvalue weighted by Gasteiger charge is 2.37. The first-order valence-corrected chi connectivity index (χ1v) is 14.5. The lowest BCUT2D eigenvalue weighted by atomic mass is 9.99. The summed E-state index contributed by atoms with van der Waals surface area (Å²) in [5.41, 5.74) is 6.56. The van der Waals surface area contributed by atoms with E-state index in [1.54, 1.807) is 26.0 Å². The van der Waals surface area contributed by atoms with Gasteiger partial charge in [0.15, 0.2) is 0 Å². The number of benzene rings is 1. The number of anilines is 1. The van der Waals surface area contributed by atoms with E-state index in [2.05, 4.69) is 20.5 Å². The van der Waals surface area contributed by atoms with E-state index in [9.17, 15) is 14.4 Å². The van der Waals surface area contributed by atoms with E-state index < -0.39 is 11.8 Å². The molecule has 2 aromatic rings. The first-order valence-electron chi connectivity index (χ1n) is 13.7. The minimum absolute atomic E-state index is 0.0200. The second-order valence-electron chi connectivity index (χ2n) is 10.7. The molecule has 4 heterocycles. The zero-order valence-corrected chi connectivity index (χ0v) is 23.9. The third-order valence-corrected chi connectivity index (χ3v) is 9.14. The number of hydrazone groups is 2. The van der Waals surface area contributed by atoms with E-state index in [0.29, 0.717) is 32.9 Å². The molecule has 0 bridgehead atoms. The number of rotatable bonds is 6. The number of piperidine rings is 1. The van der Waals surface area contributed by atoms with Crippen molar-refractivity contribution in [2.75, 3.05) is 31.2 Å². The SMILES string of the molecule is CC1=NN(c2ccc(C)c(C)c2)C(=O)C1/C(C)=N/NC(=O)c1ccc(C(=O)N2CCC(N3CCCC3)CC2)s1. The van der Waals surface area contributed by atoms with E-state index in [-0.39, 0.29) is 11.8 Å². The molecule has 0 radical (unpaired) electrons. The van der Waals surface area contributed by atoms with E-state index in [1.807, 2.05) is 36.9 Å². The van der Waals surface area contributed by atoms with Crippen LogP contribution in [-0.2, 0) is 4.79 Å². The minimum atomic E-state index is -0.643. The summed E-state index contributed by atoms with van der Waals surface area (Å²) >= 11 is 1.17. The zero-order chi connectivity index (χ0) is 27.7. The van der Waals surface area contributed by atoms with Gasteiger partial charge in [-0.3, -0.25) is 14.4 Å². The minimum Gasteiger partial charge on any atom is -0.338 e. The fraction of sp³-hybridized carbons (Fsp3) is 0.483. The third kappa shape index (κ3) is 5.67. The maximum absolute atomic E-state index is 13.2. The van der Waals surface area contributed by atoms with Gasteiger partial charge < -0.3 is 9.80 Å². The van der Waals surface area contributed by atoms with Crippen molar-refractivity contribution < 1.29 is 14.4 Å². The van der Waals surface area contributed by atoms with Gasteiger partial charge in [0.2, 0.25) is 0 Å². The number of carbonyl (C=O) groups excluding carboxylic acids is 3. The predicted octanol–water partition coefficient (Wildman–Crippen LogP) is 4.21. The van der Waals surface area contributed by atoms with Gasteiger partial charge in [-0.25, -0.2) is 5.43 Å². The Labute approximate surface area is 233 Å². The van der Waals surface area contributed by atoms with Gasteiger partial charge in [0.05, 0.1) is 26.9 Å². The fourth-order valence-corrected chi connectivity index (χ4v) is 6.48. The van der Waals surface area contributed by atoms with Gasteiger partial charge in [0.25, 0.3) is 17.7 Å². The lowest BCUT2D eigenvalue weighted by Crippen LogP contribution is -2.45. The molecule has 39 heavy (non-hydrogen) atoms. The Morgan fingerprint density at radius 2 is 1.67 bits per heavy atom. The largest absolute Gasteiger partial charge is 0.338 e. The first kappa shape index (κ1) is 27.2. The molecule has 1 N–H and O–H groups in total. The lowest BCUT2D eigenvalue weighted by Gasteiger charge is -2.36. The van der Waals surface area contributed by atoms with E-state index >= 15 is 0 Å². The van der Waals surface area contributed by atoms with Gasteiger partial charge in [0, 0.05) is 19.1 Å². The summed E-state index contributed by atoms with van der Waals surface area (Å²) in [5, 5.41) is 10.1. The van der Waals surface area contributed by atoms with Crippen molar-refractivity contribution in [3.63, 3.8) is 0 Å². The van der Waals surface area contributed by atoms with Crippen LogP contribution in [0.15, 0.2) is 40.5 Å². The summed E-state index contributed by atoms with van der Waals surface area (Å²) in [6.07, 6.45) is 4.56. The maximum Gasteiger partial charge on any atom is 0.281 e. The molecule has 2 fully saturated rings. The smallest absolute Gasteiger partial charge is 0.281 e. The van der Waals surface area contributed by atoms with Gasteiger partial charge in [-0.05, 0) is 102 Å². The van der Waals surface area contributed by atoms with Crippen LogP contribution in [0, 0.1) is 19.8 Å². The molecule has 2 saturated heterocycles. The van der Waals surface area contributed by atoms with Crippen LogP contribution in [0.3, 0.4) is 0 Å². The second-order valence-corrected chi connectivity index (χ2v) is 11.8. The Hall–Kier alpha value is -3.37. The number of thiophene rings is 1. The van der Waals surface area contributed by atoms with Crippen LogP contribution in [0.1, 0.15) is 70.0 Å². The summed E-state index contributed by atoms with van der Waals surface area (Å²) in [6, 6.07) is 9.73. The van der Waals surface area contributed by atoms with Crippen molar-refractivity contribution in [2.45, 2.75) is 59.4 Å². The van der Waals surface area contributed by atoms with Crippen molar-refractivity contribution in [1.82, 2.24) is 15.2 Å². The third-order valence-electron chi connectivity index (χ3n) is 8.07. The molecule has 9 nitrogen and oxygen atoms in total. The number of carbonyl (C=O) groups is 3. The van der Waals surface area contributed by atoms with Crippen molar-refractivity contribution in [2.24, 2.45) is 16.1 Å². The van der Waals surface area contributed by atoms with Gasteiger partial charge >= 0.3 is 0 Å². The number of amides is 3. The van der Waals surface area contributed by atoms with Crippen LogP contribution < -0.4 is 10.4 Å². The average molecular weight is 549 g/mol. The van der Waals surface area contributed by atoms with E-state index in [0.717, 1.165) is 37.1 Å². The zero-order valence-electron chi connectivity index (χ0n) is 23.1. The molecular formula is C29H36N6O3S. The van der Waals surface area contributed by atoms with Gasteiger partial charge in [-0.2, -0.15) is 15.2 Å². The molecule has 3 amide bonds. The number of nitrogens with one attached hydrogen (secondary N) is 1. The quantitative estimate of drug-likeness (QED) is 0.432. The highest BCUT2D eigenvalue weighted by atomic mass is 32.1. The maximum atomic E-state index is 13.2. The van der Waals surface area contributed by atoms with Crippen molar-refractivity contribution in [3.05, 3.63) is 51.2 Å². The molecule has 1 aromatic heterocycles. The molecule has 10 heteroatoms. The molecular weight excluding hydrogens is 512 g/mol. The van der Waals surface area contributed by atoms with Crippen molar-refractivity contribution >= 4 is 46.2 Å². The Morgan fingerprint density at radius 3 is 2.36 bits per heavy atom. The normalized spacial score (nSPS) is 21.0. The van der Waals surface area contributed by atoms with Crippen LogP contribution in [0.4, 0.5) is 5.69 Å². The topological polar surface area (TPSA) is 97.7 Å². The first-order chi connectivity index (χ1) is 18.7. The molecule has 0 saturated carbocycles. The molecule has 1 unspecified atom stereocenters. The Balaban J connectivity index is 1.18. The molecule has 0 spiro atoms. The number of hydrogen-bond acceptors (Lipinski definition) is 7. The highest BCUT2D eigenvalue weighted by Crippen LogP contribution is 2.27. The second kappa shape index (κ2) is 11.4.